The minimum atomic E-state index is -1.62. The highest BCUT2D eigenvalue weighted by molar-refractivity contribution is 5.67. The van der Waals surface area contributed by atoms with Crippen LogP contribution in [0.2, 0.25) is 0 Å². The van der Waals surface area contributed by atoms with E-state index >= 15 is 0 Å². The lowest BCUT2D eigenvalue weighted by Crippen LogP contribution is -2.59. The first-order chi connectivity index (χ1) is 12.1. The normalized spacial score (nSPS) is 29.5. The number of rotatable bonds is 8. The largest absolute Gasteiger partial charge is 0.463 e. The van der Waals surface area contributed by atoms with Gasteiger partial charge < -0.3 is 39.0 Å². The molecule has 0 radical (unpaired) electrons. The second-order valence-electron chi connectivity index (χ2n) is 5.68. The monoisotopic (exact) mass is 380 g/mol. The van der Waals surface area contributed by atoms with Crippen LogP contribution in [0.5, 0.6) is 0 Å². The fraction of sp³-hybridized carbons (Fsp3) is 0.800. The number of hydrogen-bond donors (Lipinski definition) is 3. The molecule has 0 aliphatic carbocycles. The molecule has 1 saturated heterocycles. The van der Waals surface area contributed by atoms with Gasteiger partial charge in [-0.2, -0.15) is 0 Å². The molecule has 0 aromatic rings. The molecule has 6 atom stereocenters. The summed E-state index contributed by atoms with van der Waals surface area (Å²) in [4.78, 5) is 32.8. The average Bonchev–Trinajstić information content (AvgIpc) is 2.55. The van der Waals surface area contributed by atoms with Crippen molar-refractivity contribution < 1.29 is 53.4 Å². The highest BCUT2D eigenvalue weighted by Crippen LogP contribution is 2.22. The predicted molar refractivity (Wildman–Crippen MR) is 81.5 cm³/mol. The van der Waals surface area contributed by atoms with Gasteiger partial charge in [0.1, 0.15) is 37.6 Å². The Morgan fingerprint density at radius 3 is 2.04 bits per heavy atom. The Labute approximate surface area is 149 Å². The minimum Gasteiger partial charge on any atom is -0.463 e. The van der Waals surface area contributed by atoms with E-state index in [1.54, 1.807) is 0 Å². The smallest absolute Gasteiger partial charge is 0.303 e. The Balaban J connectivity index is 2.66. The molecule has 150 valence electrons. The van der Waals surface area contributed by atoms with Gasteiger partial charge in [0.25, 0.3) is 0 Å². The maximum atomic E-state index is 11.1. The van der Waals surface area contributed by atoms with Crippen molar-refractivity contribution in [2.75, 3.05) is 19.8 Å². The topological polar surface area (TPSA) is 158 Å². The van der Waals surface area contributed by atoms with Gasteiger partial charge in [0.05, 0.1) is 6.61 Å². The number of aliphatic hydroxyl groups excluding tert-OH is 3. The van der Waals surface area contributed by atoms with E-state index in [-0.39, 0.29) is 19.8 Å². The molecule has 1 fully saturated rings. The maximum absolute atomic E-state index is 11.1. The quantitative estimate of drug-likeness (QED) is 0.312. The molecule has 0 unspecified atom stereocenters. The standard InChI is InChI=1S/C15H24O11/c1-7(16)22-4-10(25-9(3)18)5-24-15-14(21)13(20)12(19)11(26-15)6-23-8(2)17/h10-15,19-21H,4-6H2,1-3H3/t10-,11-,12+,13+,14-,15-/m1/s1. The highest BCUT2D eigenvalue weighted by Gasteiger charge is 2.45. The van der Waals surface area contributed by atoms with Gasteiger partial charge in [0.2, 0.25) is 0 Å². The minimum absolute atomic E-state index is 0.278. The van der Waals surface area contributed by atoms with Gasteiger partial charge in [-0.05, 0) is 0 Å². The third-order valence-corrected chi connectivity index (χ3v) is 3.37. The third-order valence-electron chi connectivity index (χ3n) is 3.37. The van der Waals surface area contributed by atoms with E-state index in [0.29, 0.717) is 0 Å². The van der Waals surface area contributed by atoms with Crippen LogP contribution in [0.3, 0.4) is 0 Å². The molecule has 3 N–H and O–H groups in total. The molecule has 1 rings (SSSR count). The van der Waals surface area contributed by atoms with E-state index in [1.807, 2.05) is 0 Å². The van der Waals surface area contributed by atoms with Gasteiger partial charge in [-0.15, -0.1) is 0 Å². The molecule has 0 spiro atoms. The first kappa shape index (κ1) is 22.3. The molecule has 0 amide bonds. The zero-order valence-corrected chi connectivity index (χ0v) is 14.7. The van der Waals surface area contributed by atoms with Crippen LogP contribution >= 0.6 is 0 Å². The Kier molecular flexibility index (Phi) is 8.88. The van der Waals surface area contributed by atoms with E-state index in [0.717, 1.165) is 13.8 Å². The summed E-state index contributed by atoms with van der Waals surface area (Å²) in [6.45, 7) is 2.53. The zero-order valence-electron chi connectivity index (χ0n) is 14.7. The number of ether oxygens (including phenoxy) is 5. The number of aliphatic hydroxyl groups is 3. The second kappa shape index (κ2) is 10.4. The fourth-order valence-corrected chi connectivity index (χ4v) is 2.15. The van der Waals surface area contributed by atoms with E-state index in [4.69, 9.17) is 23.7 Å². The van der Waals surface area contributed by atoms with Crippen LogP contribution in [0.15, 0.2) is 0 Å². The summed E-state index contributed by atoms with van der Waals surface area (Å²) in [5, 5.41) is 29.7. The molecule has 0 bridgehead atoms. The van der Waals surface area contributed by atoms with Crippen molar-refractivity contribution >= 4 is 17.9 Å². The summed E-state index contributed by atoms with van der Waals surface area (Å²) in [7, 11) is 0. The van der Waals surface area contributed by atoms with Gasteiger partial charge in [0, 0.05) is 20.8 Å². The number of esters is 3. The lowest BCUT2D eigenvalue weighted by molar-refractivity contribution is -0.305. The first-order valence-corrected chi connectivity index (χ1v) is 7.87. The van der Waals surface area contributed by atoms with Gasteiger partial charge in [0.15, 0.2) is 12.4 Å². The Morgan fingerprint density at radius 2 is 1.50 bits per heavy atom. The Morgan fingerprint density at radius 1 is 0.885 bits per heavy atom. The van der Waals surface area contributed by atoms with Crippen molar-refractivity contribution in [1.29, 1.82) is 0 Å². The summed E-state index contributed by atoms with van der Waals surface area (Å²) >= 11 is 0. The van der Waals surface area contributed by atoms with E-state index in [1.165, 1.54) is 6.92 Å². The molecule has 1 heterocycles. The first-order valence-electron chi connectivity index (χ1n) is 7.87. The maximum Gasteiger partial charge on any atom is 0.303 e. The van der Waals surface area contributed by atoms with Crippen LogP contribution in [0, 0.1) is 0 Å². The van der Waals surface area contributed by atoms with Gasteiger partial charge in [-0.3, -0.25) is 14.4 Å². The Bertz CT molecular complexity index is 494. The van der Waals surface area contributed by atoms with Gasteiger partial charge in [-0.25, -0.2) is 0 Å². The molecule has 11 heteroatoms. The van der Waals surface area contributed by atoms with E-state index in [2.05, 4.69) is 0 Å². The van der Waals surface area contributed by atoms with Crippen molar-refractivity contribution in [1.82, 2.24) is 0 Å². The van der Waals surface area contributed by atoms with Gasteiger partial charge in [-0.1, -0.05) is 0 Å². The highest BCUT2D eigenvalue weighted by atomic mass is 16.7. The molecule has 11 nitrogen and oxygen atoms in total. The van der Waals surface area contributed by atoms with Crippen molar-refractivity contribution in [2.45, 2.75) is 57.6 Å². The molecule has 0 aromatic carbocycles. The van der Waals surface area contributed by atoms with Crippen molar-refractivity contribution in [3.05, 3.63) is 0 Å². The van der Waals surface area contributed by atoms with Crippen molar-refractivity contribution in [3.63, 3.8) is 0 Å². The number of carbonyl (C=O) groups is 3. The summed E-state index contributed by atoms with van der Waals surface area (Å²) in [5.41, 5.74) is 0. The predicted octanol–water partition coefficient (Wildman–Crippen LogP) is -2.13. The SMILES string of the molecule is CC(=O)OC[C@H](CO[C@@H]1O[C@H](COC(C)=O)[C@H](O)[C@H](O)[C@H]1O)OC(C)=O. The molecule has 26 heavy (non-hydrogen) atoms. The summed E-state index contributed by atoms with van der Waals surface area (Å²) in [6.07, 6.45) is -8.23. The van der Waals surface area contributed by atoms with Crippen LogP contribution in [-0.4, -0.2) is 89.9 Å². The Hall–Kier alpha value is -1.79. The van der Waals surface area contributed by atoms with Crippen LogP contribution in [0.1, 0.15) is 20.8 Å². The van der Waals surface area contributed by atoms with E-state index < -0.39 is 54.7 Å². The van der Waals surface area contributed by atoms with Gasteiger partial charge >= 0.3 is 17.9 Å². The van der Waals surface area contributed by atoms with Crippen LogP contribution < -0.4 is 0 Å². The lowest BCUT2D eigenvalue weighted by Gasteiger charge is -2.40. The molecular weight excluding hydrogens is 356 g/mol. The van der Waals surface area contributed by atoms with Crippen LogP contribution in [0.25, 0.3) is 0 Å². The summed E-state index contributed by atoms with van der Waals surface area (Å²) in [6, 6.07) is 0. The van der Waals surface area contributed by atoms with Crippen molar-refractivity contribution in [3.8, 4) is 0 Å². The lowest BCUT2D eigenvalue weighted by atomic mass is 9.99. The number of hydrogen-bond acceptors (Lipinski definition) is 11. The molecule has 1 aliphatic heterocycles. The number of carbonyl (C=O) groups excluding carboxylic acids is 3. The average molecular weight is 380 g/mol. The summed E-state index contributed by atoms with van der Waals surface area (Å²) in [5.74, 6) is -1.84. The molecule has 0 saturated carbocycles. The van der Waals surface area contributed by atoms with Crippen molar-refractivity contribution in [2.24, 2.45) is 0 Å². The van der Waals surface area contributed by atoms with E-state index in [9.17, 15) is 29.7 Å². The van der Waals surface area contributed by atoms with Crippen LogP contribution in [0.4, 0.5) is 0 Å². The second-order valence-corrected chi connectivity index (χ2v) is 5.68. The summed E-state index contributed by atoms with van der Waals surface area (Å²) < 4.78 is 25.0. The fourth-order valence-electron chi connectivity index (χ4n) is 2.15. The molecule has 0 aromatic heterocycles. The molecular formula is C15H24O11. The zero-order chi connectivity index (χ0) is 19.9. The third kappa shape index (κ3) is 7.22. The molecule has 1 aliphatic rings. The van der Waals surface area contributed by atoms with Crippen LogP contribution in [-0.2, 0) is 38.1 Å².